The molecule has 1 aliphatic rings. The molecule has 1 aliphatic heterocycles. The third-order valence-corrected chi connectivity index (χ3v) is 5.29. The van der Waals surface area contributed by atoms with Gasteiger partial charge in [-0.2, -0.15) is 0 Å². The Balaban J connectivity index is 1.87. The van der Waals surface area contributed by atoms with Crippen molar-refractivity contribution in [2.24, 2.45) is 11.7 Å². The van der Waals surface area contributed by atoms with E-state index in [1.54, 1.807) is 0 Å². The zero-order valence-corrected chi connectivity index (χ0v) is 14.5. The summed E-state index contributed by atoms with van der Waals surface area (Å²) in [6.07, 6.45) is 3.63. The number of piperidine rings is 1. The number of halogens is 1. The van der Waals surface area contributed by atoms with Gasteiger partial charge in [-0.25, -0.2) is 0 Å². The Kier molecular flexibility index (Phi) is 5.82. The second kappa shape index (κ2) is 7.41. The van der Waals surface area contributed by atoms with Crippen molar-refractivity contribution in [3.63, 3.8) is 0 Å². The van der Waals surface area contributed by atoms with E-state index in [4.69, 9.17) is 5.73 Å². The first-order chi connectivity index (χ1) is 9.97. The summed E-state index contributed by atoms with van der Waals surface area (Å²) in [7, 11) is 0. The molecular formula is C17H25BrN2O. The van der Waals surface area contributed by atoms with Gasteiger partial charge in [0.25, 0.3) is 0 Å². The minimum atomic E-state index is 0.176. The lowest BCUT2D eigenvalue weighted by atomic mass is 9.92. The van der Waals surface area contributed by atoms with E-state index >= 15 is 0 Å². The topological polar surface area (TPSA) is 46.3 Å². The Bertz CT molecular complexity index is 502. The quantitative estimate of drug-likeness (QED) is 0.903. The number of likely N-dealkylation sites (tertiary alicyclic amines) is 1. The van der Waals surface area contributed by atoms with Crippen LogP contribution in [0.2, 0.25) is 0 Å². The van der Waals surface area contributed by atoms with Gasteiger partial charge in [0.2, 0.25) is 5.91 Å². The number of benzene rings is 1. The lowest BCUT2D eigenvalue weighted by Gasteiger charge is -2.34. The monoisotopic (exact) mass is 352 g/mol. The maximum Gasteiger partial charge on any atom is 0.222 e. The second-order valence-corrected chi connectivity index (χ2v) is 7.04. The molecule has 0 aliphatic carbocycles. The van der Waals surface area contributed by atoms with Crippen LogP contribution in [0.5, 0.6) is 0 Å². The molecule has 0 radical (unpaired) electrons. The number of rotatable bonds is 4. The molecule has 1 amide bonds. The highest BCUT2D eigenvalue weighted by Crippen LogP contribution is 2.21. The number of nitrogens with two attached hydrogens (primary N) is 1. The molecule has 2 unspecified atom stereocenters. The van der Waals surface area contributed by atoms with Gasteiger partial charge < -0.3 is 10.6 Å². The third-order valence-electron chi connectivity index (χ3n) is 4.40. The molecule has 21 heavy (non-hydrogen) atoms. The molecule has 0 bridgehead atoms. The summed E-state index contributed by atoms with van der Waals surface area (Å²) in [5.41, 5.74) is 8.43. The molecule has 0 saturated carbocycles. The lowest BCUT2D eigenvalue weighted by Crippen LogP contribution is -2.45. The Morgan fingerprint density at radius 3 is 2.95 bits per heavy atom. The highest BCUT2D eigenvalue weighted by Gasteiger charge is 2.25. The molecule has 1 fully saturated rings. The molecule has 1 aromatic carbocycles. The Morgan fingerprint density at radius 1 is 1.52 bits per heavy atom. The first-order valence-electron chi connectivity index (χ1n) is 7.75. The molecule has 3 nitrogen and oxygen atoms in total. The van der Waals surface area contributed by atoms with E-state index in [0.29, 0.717) is 12.3 Å². The minimum Gasteiger partial charge on any atom is -0.342 e. The molecule has 116 valence electrons. The Hall–Kier alpha value is -0.870. The third kappa shape index (κ3) is 4.55. The number of carbonyl (C=O) groups is 1. The van der Waals surface area contributed by atoms with Gasteiger partial charge in [0, 0.05) is 30.0 Å². The molecule has 0 spiro atoms. The number of amides is 1. The van der Waals surface area contributed by atoms with E-state index < -0.39 is 0 Å². The number of carbonyl (C=O) groups excluding carboxylic acids is 1. The average Bonchev–Trinajstić information content (AvgIpc) is 2.48. The largest absolute Gasteiger partial charge is 0.342 e. The fourth-order valence-corrected chi connectivity index (χ4v) is 3.18. The molecule has 0 aromatic heterocycles. The fraction of sp³-hybridized carbons (Fsp3) is 0.588. The zero-order chi connectivity index (χ0) is 15.4. The van der Waals surface area contributed by atoms with Gasteiger partial charge in [0.15, 0.2) is 0 Å². The predicted molar refractivity (Wildman–Crippen MR) is 90.2 cm³/mol. The SMILES string of the molecule is Cc1cc(CCC(=O)N2CCCC(C(C)N)C2)ccc1Br. The molecule has 2 atom stereocenters. The van der Waals surface area contributed by atoms with Gasteiger partial charge in [-0.15, -0.1) is 0 Å². The van der Waals surface area contributed by atoms with Crippen LogP contribution in [0.1, 0.15) is 37.3 Å². The van der Waals surface area contributed by atoms with Gasteiger partial charge in [-0.05, 0) is 56.2 Å². The van der Waals surface area contributed by atoms with Crippen LogP contribution in [0.15, 0.2) is 22.7 Å². The van der Waals surface area contributed by atoms with Crippen LogP contribution >= 0.6 is 15.9 Å². The molecule has 1 saturated heterocycles. The highest BCUT2D eigenvalue weighted by atomic mass is 79.9. The summed E-state index contributed by atoms with van der Waals surface area (Å²) in [6.45, 7) is 5.84. The Labute approximate surface area is 136 Å². The van der Waals surface area contributed by atoms with E-state index in [9.17, 15) is 4.79 Å². The van der Waals surface area contributed by atoms with Crippen LogP contribution in [0.4, 0.5) is 0 Å². The van der Waals surface area contributed by atoms with Crippen LogP contribution < -0.4 is 5.73 Å². The number of hydrogen-bond donors (Lipinski definition) is 1. The van der Waals surface area contributed by atoms with Gasteiger partial charge in [0.05, 0.1) is 0 Å². The van der Waals surface area contributed by atoms with E-state index in [1.165, 1.54) is 11.1 Å². The van der Waals surface area contributed by atoms with Crippen molar-refractivity contribution >= 4 is 21.8 Å². The summed E-state index contributed by atoms with van der Waals surface area (Å²) >= 11 is 3.51. The van der Waals surface area contributed by atoms with Crippen molar-refractivity contribution in [1.82, 2.24) is 4.90 Å². The van der Waals surface area contributed by atoms with Crippen molar-refractivity contribution in [2.75, 3.05) is 13.1 Å². The molecular weight excluding hydrogens is 328 g/mol. The number of hydrogen-bond acceptors (Lipinski definition) is 2. The molecule has 1 aromatic rings. The van der Waals surface area contributed by atoms with Gasteiger partial charge in [-0.1, -0.05) is 28.1 Å². The first-order valence-corrected chi connectivity index (χ1v) is 8.55. The standard InChI is InChI=1S/C17H25BrN2O/c1-12-10-14(5-7-16(12)18)6-8-17(21)20-9-3-4-15(11-20)13(2)19/h5,7,10,13,15H,3-4,6,8-9,11,19H2,1-2H3. The maximum atomic E-state index is 12.4. The van der Waals surface area contributed by atoms with Crippen LogP contribution in [0, 0.1) is 12.8 Å². The summed E-state index contributed by atoms with van der Waals surface area (Å²) in [4.78, 5) is 14.4. The van der Waals surface area contributed by atoms with Crippen molar-refractivity contribution in [3.8, 4) is 0 Å². The predicted octanol–water partition coefficient (Wildman–Crippen LogP) is 3.28. The summed E-state index contributed by atoms with van der Waals surface area (Å²) in [5, 5.41) is 0. The number of aryl methyl sites for hydroxylation is 2. The average molecular weight is 353 g/mol. The fourth-order valence-electron chi connectivity index (χ4n) is 2.94. The van der Waals surface area contributed by atoms with Crippen LogP contribution in [-0.4, -0.2) is 29.9 Å². The van der Waals surface area contributed by atoms with Crippen LogP contribution in [0.3, 0.4) is 0 Å². The normalized spacial score (nSPS) is 20.4. The highest BCUT2D eigenvalue weighted by molar-refractivity contribution is 9.10. The maximum absolute atomic E-state index is 12.4. The van der Waals surface area contributed by atoms with E-state index in [-0.39, 0.29) is 11.9 Å². The van der Waals surface area contributed by atoms with Crippen LogP contribution in [0.25, 0.3) is 0 Å². The molecule has 1 heterocycles. The smallest absolute Gasteiger partial charge is 0.222 e. The van der Waals surface area contributed by atoms with Crippen molar-refractivity contribution in [3.05, 3.63) is 33.8 Å². The van der Waals surface area contributed by atoms with Gasteiger partial charge >= 0.3 is 0 Å². The van der Waals surface area contributed by atoms with E-state index in [1.807, 2.05) is 11.8 Å². The van der Waals surface area contributed by atoms with Crippen molar-refractivity contribution < 1.29 is 4.79 Å². The van der Waals surface area contributed by atoms with E-state index in [2.05, 4.69) is 41.1 Å². The van der Waals surface area contributed by atoms with Gasteiger partial charge in [0.1, 0.15) is 0 Å². The molecule has 4 heteroatoms. The summed E-state index contributed by atoms with van der Waals surface area (Å²) < 4.78 is 1.12. The zero-order valence-electron chi connectivity index (χ0n) is 12.9. The summed E-state index contributed by atoms with van der Waals surface area (Å²) in [6, 6.07) is 6.47. The Morgan fingerprint density at radius 2 is 2.29 bits per heavy atom. The first kappa shape index (κ1) is 16.5. The molecule has 2 N–H and O–H groups in total. The van der Waals surface area contributed by atoms with Crippen LogP contribution in [-0.2, 0) is 11.2 Å². The molecule has 2 rings (SSSR count). The number of nitrogens with zero attached hydrogens (tertiary/aromatic N) is 1. The van der Waals surface area contributed by atoms with Gasteiger partial charge in [-0.3, -0.25) is 4.79 Å². The van der Waals surface area contributed by atoms with Crippen molar-refractivity contribution in [2.45, 2.75) is 45.6 Å². The summed E-state index contributed by atoms with van der Waals surface area (Å²) in [5.74, 6) is 0.721. The lowest BCUT2D eigenvalue weighted by molar-refractivity contribution is -0.133. The van der Waals surface area contributed by atoms with E-state index in [0.717, 1.165) is 36.8 Å². The second-order valence-electron chi connectivity index (χ2n) is 6.18. The minimum absolute atomic E-state index is 0.176. The van der Waals surface area contributed by atoms with Crippen molar-refractivity contribution in [1.29, 1.82) is 0 Å².